The van der Waals surface area contributed by atoms with Crippen molar-refractivity contribution in [3.05, 3.63) is 35.1 Å². The lowest BCUT2D eigenvalue weighted by Crippen LogP contribution is -2.21. The highest BCUT2D eigenvalue weighted by Gasteiger charge is 2.40. The van der Waals surface area contributed by atoms with E-state index < -0.39 is 42.1 Å². The maximum absolute atomic E-state index is 13.5. The highest BCUT2D eigenvalue weighted by atomic mass is 32.1. The van der Waals surface area contributed by atoms with Crippen LogP contribution in [0.2, 0.25) is 0 Å². The summed E-state index contributed by atoms with van der Waals surface area (Å²) in [5.74, 6) is -3.80. The van der Waals surface area contributed by atoms with Gasteiger partial charge >= 0.3 is 12.4 Å². The number of halogens is 8. The third-order valence-corrected chi connectivity index (χ3v) is 5.50. The summed E-state index contributed by atoms with van der Waals surface area (Å²) in [7, 11) is 0. The topological polar surface area (TPSA) is 88.5 Å². The largest absolute Gasteiger partial charge is 0.434 e. The first kappa shape index (κ1) is 24.0. The molecule has 1 aliphatic carbocycles. The average Bonchev–Trinajstić information content (AvgIpc) is 3.34. The lowest BCUT2D eigenvalue weighted by molar-refractivity contribution is -0.141. The van der Waals surface area contributed by atoms with Crippen LogP contribution in [0, 0.1) is 0 Å². The number of alkyl halides is 8. The van der Waals surface area contributed by atoms with Crippen LogP contribution in [0.3, 0.4) is 0 Å². The Kier molecular flexibility index (Phi) is 6.03. The highest BCUT2D eigenvalue weighted by Crippen LogP contribution is 2.37. The molecule has 0 spiro atoms. The minimum absolute atomic E-state index is 0.0888. The molecule has 1 aliphatic rings. The van der Waals surface area contributed by atoms with Gasteiger partial charge in [-0.15, -0.1) is 11.3 Å². The van der Waals surface area contributed by atoms with E-state index in [9.17, 15) is 35.1 Å². The molecular formula is C18H13F8N7S. The van der Waals surface area contributed by atoms with Crippen molar-refractivity contribution in [1.29, 1.82) is 0 Å². The monoisotopic (exact) mass is 511 g/mol. The van der Waals surface area contributed by atoms with E-state index in [-0.39, 0.29) is 41.3 Å². The van der Waals surface area contributed by atoms with Crippen LogP contribution in [0.15, 0.2) is 23.7 Å². The molecule has 3 heterocycles. The van der Waals surface area contributed by atoms with Crippen molar-refractivity contribution in [1.82, 2.24) is 24.9 Å². The quantitative estimate of drug-likeness (QED) is 0.421. The molecule has 0 saturated heterocycles. The molecular weight excluding hydrogens is 498 g/mol. The van der Waals surface area contributed by atoms with E-state index in [0.717, 1.165) is 11.6 Å². The summed E-state index contributed by atoms with van der Waals surface area (Å²) >= 11 is 0.583. The Bertz CT molecular complexity index is 1180. The van der Waals surface area contributed by atoms with Gasteiger partial charge < -0.3 is 10.6 Å². The Hall–Kier alpha value is -3.17. The summed E-state index contributed by atoms with van der Waals surface area (Å²) in [5.41, 5.74) is -2.50. The van der Waals surface area contributed by atoms with Crippen LogP contribution in [0.5, 0.6) is 0 Å². The lowest BCUT2D eigenvalue weighted by atomic mass is 10.2. The van der Waals surface area contributed by atoms with Gasteiger partial charge in [-0.3, -0.25) is 4.98 Å². The number of pyridine rings is 1. The van der Waals surface area contributed by atoms with Gasteiger partial charge in [-0.2, -0.15) is 41.3 Å². The molecule has 0 amide bonds. The first-order chi connectivity index (χ1) is 15.8. The highest BCUT2D eigenvalue weighted by molar-refractivity contribution is 7.13. The van der Waals surface area contributed by atoms with Crippen molar-refractivity contribution in [3.63, 3.8) is 0 Å². The number of rotatable bonds is 5. The van der Waals surface area contributed by atoms with Crippen LogP contribution in [-0.4, -0.2) is 36.9 Å². The molecule has 7 nitrogen and oxygen atoms in total. The molecule has 0 aromatic carbocycles. The number of thiazole rings is 1. The number of aromatic nitrogens is 5. The van der Waals surface area contributed by atoms with Crippen molar-refractivity contribution in [2.45, 2.75) is 43.6 Å². The molecule has 0 bridgehead atoms. The fraction of sp³-hybridized carbons (Fsp3) is 0.389. The molecule has 3 aromatic heterocycles. The Morgan fingerprint density at radius 2 is 1.65 bits per heavy atom. The molecule has 182 valence electrons. The van der Waals surface area contributed by atoms with Gasteiger partial charge in [-0.25, -0.2) is 13.8 Å². The van der Waals surface area contributed by atoms with Crippen LogP contribution < -0.4 is 10.6 Å². The number of nitrogens with zero attached hydrogens (tertiary/aromatic N) is 5. The second-order valence-corrected chi connectivity index (χ2v) is 8.19. The van der Waals surface area contributed by atoms with E-state index >= 15 is 0 Å². The van der Waals surface area contributed by atoms with Gasteiger partial charge in [0.05, 0.1) is 0 Å². The predicted octanol–water partition coefficient (Wildman–Crippen LogP) is 5.77. The Morgan fingerprint density at radius 3 is 2.26 bits per heavy atom. The molecule has 16 heteroatoms. The molecule has 4 rings (SSSR count). The molecule has 2 N–H and O–H groups in total. The molecule has 34 heavy (non-hydrogen) atoms. The normalized spacial score (nSPS) is 18.2. The summed E-state index contributed by atoms with van der Waals surface area (Å²) in [6.07, 6.45) is -9.34. The molecule has 1 fully saturated rings. The van der Waals surface area contributed by atoms with Crippen molar-refractivity contribution in [2.24, 2.45) is 0 Å². The van der Waals surface area contributed by atoms with Crippen molar-refractivity contribution in [2.75, 3.05) is 10.6 Å². The molecule has 1 atom stereocenters. The molecule has 1 unspecified atom stereocenters. The third-order valence-electron chi connectivity index (χ3n) is 4.66. The number of nitrogens with one attached hydrogen (secondary N) is 2. The SMILES string of the molecule is FC1(F)CCC(Nc2nc(Nc3ccnc(C(F)(F)F)c3)nc(-c3nc(C(F)(F)F)cs3)n2)C1. The standard InChI is InChI=1S/C18H13F8N7S/c19-16(20)3-1-9(6-16)29-15-32-12(13-30-11(7-34-13)18(24,25)26)31-14(33-15)28-8-2-4-27-10(5-8)17(21,22)23/h2,4-5,7,9H,1,3,6H2,(H2,27,28,29,31,32,33). The zero-order chi connectivity index (χ0) is 24.7. The van der Waals surface area contributed by atoms with Crippen LogP contribution in [0.1, 0.15) is 30.7 Å². The Balaban J connectivity index is 1.68. The second-order valence-electron chi connectivity index (χ2n) is 7.33. The number of hydrogen-bond acceptors (Lipinski definition) is 8. The van der Waals surface area contributed by atoms with Crippen molar-refractivity contribution >= 4 is 28.9 Å². The fourth-order valence-electron chi connectivity index (χ4n) is 3.15. The van der Waals surface area contributed by atoms with E-state index in [0.29, 0.717) is 17.4 Å². The predicted molar refractivity (Wildman–Crippen MR) is 105 cm³/mol. The third kappa shape index (κ3) is 5.66. The molecule has 0 aliphatic heterocycles. The van der Waals surface area contributed by atoms with Gasteiger partial charge in [0.2, 0.25) is 17.8 Å². The first-order valence-electron chi connectivity index (χ1n) is 9.52. The Morgan fingerprint density at radius 1 is 0.941 bits per heavy atom. The maximum Gasteiger partial charge on any atom is 0.434 e. The lowest BCUT2D eigenvalue weighted by Gasteiger charge is -2.14. The first-order valence-corrected chi connectivity index (χ1v) is 10.4. The Labute approximate surface area is 189 Å². The van der Waals surface area contributed by atoms with Gasteiger partial charge in [0.15, 0.2) is 16.5 Å². The zero-order valence-corrected chi connectivity index (χ0v) is 17.5. The van der Waals surface area contributed by atoms with Gasteiger partial charge in [0, 0.05) is 36.1 Å². The van der Waals surface area contributed by atoms with Gasteiger partial charge in [0.1, 0.15) is 5.69 Å². The minimum atomic E-state index is -4.72. The van der Waals surface area contributed by atoms with Crippen LogP contribution in [-0.2, 0) is 12.4 Å². The van der Waals surface area contributed by atoms with Crippen molar-refractivity contribution in [3.8, 4) is 10.8 Å². The maximum atomic E-state index is 13.5. The summed E-state index contributed by atoms with van der Waals surface area (Å²) in [6, 6.07) is 1.14. The summed E-state index contributed by atoms with van der Waals surface area (Å²) in [5, 5.41) is 5.69. The summed E-state index contributed by atoms with van der Waals surface area (Å²) in [6.45, 7) is 0. The van der Waals surface area contributed by atoms with E-state index in [1.807, 2.05) is 0 Å². The summed E-state index contributed by atoms with van der Waals surface area (Å²) in [4.78, 5) is 18.6. The molecule has 0 radical (unpaired) electrons. The fourth-order valence-corrected chi connectivity index (χ4v) is 3.90. The number of hydrogen-bond donors (Lipinski definition) is 2. The van der Waals surface area contributed by atoms with Crippen molar-refractivity contribution < 1.29 is 35.1 Å². The number of anilines is 3. The van der Waals surface area contributed by atoms with Gasteiger partial charge in [0.25, 0.3) is 0 Å². The average molecular weight is 511 g/mol. The van der Waals surface area contributed by atoms with E-state index in [1.165, 1.54) is 6.07 Å². The van der Waals surface area contributed by atoms with Crippen LogP contribution in [0.25, 0.3) is 10.8 Å². The smallest absolute Gasteiger partial charge is 0.351 e. The van der Waals surface area contributed by atoms with Crippen LogP contribution >= 0.6 is 11.3 Å². The van der Waals surface area contributed by atoms with Crippen LogP contribution in [0.4, 0.5) is 52.7 Å². The van der Waals surface area contributed by atoms with E-state index in [2.05, 4.69) is 35.6 Å². The van der Waals surface area contributed by atoms with Gasteiger partial charge in [-0.1, -0.05) is 0 Å². The van der Waals surface area contributed by atoms with Gasteiger partial charge in [-0.05, 0) is 18.6 Å². The van der Waals surface area contributed by atoms with E-state index in [1.54, 1.807) is 0 Å². The minimum Gasteiger partial charge on any atom is -0.351 e. The molecule has 1 saturated carbocycles. The summed E-state index contributed by atoms with van der Waals surface area (Å²) < 4.78 is 105. The molecule has 3 aromatic rings. The zero-order valence-electron chi connectivity index (χ0n) is 16.7. The second kappa shape index (κ2) is 8.56. The van der Waals surface area contributed by atoms with E-state index in [4.69, 9.17) is 0 Å².